The van der Waals surface area contributed by atoms with Crippen LogP contribution in [0.4, 0.5) is 0 Å². The third kappa shape index (κ3) is 3.24. The third-order valence-electron chi connectivity index (χ3n) is 2.42. The zero-order valence-corrected chi connectivity index (χ0v) is 10.0. The minimum atomic E-state index is 0.127. The molecule has 3 N–H and O–H groups in total. The first-order valence-corrected chi connectivity index (χ1v) is 5.60. The van der Waals surface area contributed by atoms with E-state index in [1.54, 1.807) is 19.6 Å². The van der Waals surface area contributed by atoms with E-state index in [4.69, 9.17) is 4.42 Å². The van der Waals surface area contributed by atoms with Gasteiger partial charge in [0, 0.05) is 13.6 Å². The molecule has 1 fully saturated rings. The Bertz CT molecular complexity index is 410. The van der Waals surface area contributed by atoms with E-state index in [9.17, 15) is 0 Å². The average Bonchev–Trinajstić information content (AvgIpc) is 2.81. The maximum absolute atomic E-state index is 5.00. The lowest BCUT2D eigenvalue weighted by Crippen LogP contribution is -2.61. The Labute approximate surface area is 100 Å². The van der Waals surface area contributed by atoms with Crippen molar-refractivity contribution in [3.05, 3.63) is 24.2 Å². The van der Waals surface area contributed by atoms with Crippen molar-refractivity contribution in [1.29, 1.82) is 0 Å². The molecule has 1 atom stereocenters. The molecular formula is C11H17N5O. The topological polar surface area (TPSA) is 74.0 Å². The minimum absolute atomic E-state index is 0.127. The van der Waals surface area contributed by atoms with Crippen molar-refractivity contribution >= 4 is 11.9 Å². The van der Waals surface area contributed by atoms with Crippen LogP contribution in [-0.2, 0) is 6.42 Å². The fourth-order valence-electron chi connectivity index (χ4n) is 1.57. The molecule has 92 valence electrons. The van der Waals surface area contributed by atoms with Gasteiger partial charge < -0.3 is 15.1 Å². The highest BCUT2D eigenvalue weighted by Gasteiger charge is 2.14. The zero-order valence-electron chi connectivity index (χ0n) is 10.0. The molecule has 1 aliphatic rings. The van der Waals surface area contributed by atoms with E-state index >= 15 is 0 Å². The van der Waals surface area contributed by atoms with Crippen molar-refractivity contribution < 1.29 is 4.42 Å². The van der Waals surface area contributed by atoms with Crippen molar-refractivity contribution in [2.75, 3.05) is 13.6 Å². The molecule has 2 heterocycles. The van der Waals surface area contributed by atoms with Gasteiger partial charge in [0.1, 0.15) is 0 Å². The van der Waals surface area contributed by atoms with Crippen LogP contribution in [0.5, 0.6) is 0 Å². The van der Waals surface area contributed by atoms with Crippen LogP contribution in [-0.4, -0.2) is 31.7 Å². The summed E-state index contributed by atoms with van der Waals surface area (Å²) in [5.74, 6) is 1.48. The molecule has 0 aromatic carbocycles. The molecule has 0 bridgehead atoms. The second kappa shape index (κ2) is 5.38. The number of aliphatic imine (C=N–C) groups is 2. The third-order valence-corrected chi connectivity index (χ3v) is 2.42. The first-order chi connectivity index (χ1) is 8.28. The molecule has 1 aliphatic heterocycles. The number of hydrogen-bond acceptors (Lipinski definition) is 3. The molecule has 0 radical (unpaired) electrons. The first-order valence-electron chi connectivity index (χ1n) is 5.60. The second-order valence-electron chi connectivity index (χ2n) is 3.82. The van der Waals surface area contributed by atoms with Gasteiger partial charge in [-0.1, -0.05) is 0 Å². The summed E-state index contributed by atoms with van der Waals surface area (Å²) in [4.78, 5) is 8.50. The van der Waals surface area contributed by atoms with Crippen LogP contribution in [0.3, 0.4) is 0 Å². The number of nitrogens with zero attached hydrogens (tertiary/aromatic N) is 2. The quantitative estimate of drug-likeness (QED) is 0.704. The van der Waals surface area contributed by atoms with Crippen molar-refractivity contribution in [3.63, 3.8) is 0 Å². The number of guanidine groups is 2. The predicted octanol–water partition coefficient (Wildman–Crippen LogP) is 0.292. The monoisotopic (exact) mass is 235 g/mol. The van der Waals surface area contributed by atoms with Gasteiger partial charge in [-0.3, -0.25) is 15.3 Å². The van der Waals surface area contributed by atoms with E-state index in [2.05, 4.69) is 25.9 Å². The van der Waals surface area contributed by atoms with Gasteiger partial charge >= 0.3 is 0 Å². The largest absolute Gasteiger partial charge is 0.472 e. The summed E-state index contributed by atoms with van der Waals surface area (Å²) in [5, 5.41) is 9.38. The molecular weight excluding hydrogens is 218 g/mol. The van der Waals surface area contributed by atoms with E-state index in [1.807, 2.05) is 13.0 Å². The number of hydrogen-bond donors (Lipinski definition) is 3. The van der Waals surface area contributed by atoms with Gasteiger partial charge in [-0.15, -0.1) is 0 Å². The molecule has 0 spiro atoms. The maximum Gasteiger partial charge on any atom is 0.199 e. The Balaban J connectivity index is 1.88. The summed E-state index contributed by atoms with van der Waals surface area (Å²) < 4.78 is 5.00. The van der Waals surface area contributed by atoms with Gasteiger partial charge in [0.15, 0.2) is 11.9 Å². The predicted molar refractivity (Wildman–Crippen MR) is 66.9 cm³/mol. The molecule has 0 aliphatic carbocycles. The Morgan fingerprint density at radius 2 is 2.18 bits per heavy atom. The van der Waals surface area contributed by atoms with Crippen LogP contribution >= 0.6 is 0 Å². The van der Waals surface area contributed by atoms with Crippen molar-refractivity contribution in [3.8, 4) is 0 Å². The standard InChI is InChI=1S/C11H17N5O/c1-8-14-10(12-2)16-11(15-8)13-5-3-9-4-6-17-7-9/h4,6-8H,3,5H2,1-2H3,(H3,12,13,14,15,16). The Morgan fingerprint density at radius 1 is 1.35 bits per heavy atom. The summed E-state index contributed by atoms with van der Waals surface area (Å²) in [6.45, 7) is 2.72. The fourth-order valence-corrected chi connectivity index (χ4v) is 1.57. The van der Waals surface area contributed by atoms with Crippen LogP contribution in [0.1, 0.15) is 12.5 Å². The molecule has 17 heavy (non-hydrogen) atoms. The zero-order chi connectivity index (χ0) is 12.1. The highest BCUT2D eigenvalue weighted by molar-refractivity contribution is 6.00. The lowest BCUT2D eigenvalue weighted by Gasteiger charge is -2.27. The van der Waals surface area contributed by atoms with Gasteiger partial charge in [0.05, 0.1) is 18.7 Å². The number of nitrogens with one attached hydrogen (secondary N) is 3. The SMILES string of the molecule is CN=C1NC(=NCCc2ccoc2)NC(C)N1. The molecule has 6 heteroatoms. The van der Waals surface area contributed by atoms with Crippen LogP contribution in [0.25, 0.3) is 0 Å². The first kappa shape index (κ1) is 11.5. The Kier molecular flexibility index (Phi) is 3.64. The lowest BCUT2D eigenvalue weighted by atomic mass is 10.2. The van der Waals surface area contributed by atoms with Crippen molar-refractivity contribution in [1.82, 2.24) is 16.0 Å². The van der Waals surface area contributed by atoms with Gasteiger partial charge in [-0.25, -0.2) is 0 Å². The summed E-state index contributed by atoms with van der Waals surface area (Å²) >= 11 is 0. The van der Waals surface area contributed by atoms with Gasteiger partial charge in [0.2, 0.25) is 0 Å². The summed E-state index contributed by atoms with van der Waals surface area (Å²) in [6, 6.07) is 1.95. The Hall–Kier alpha value is -1.98. The van der Waals surface area contributed by atoms with Gasteiger partial charge in [-0.05, 0) is 25.0 Å². The molecule has 0 amide bonds. The molecule has 6 nitrogen and oxygen atoms in total. The van der Waals surface area contributed by atoms with Crippen LogP contribution in [0.15, 0.2) is 33.0 Å². The van der Waals surface area contributed by atoms with Crippen molar-refractivity contribution in [2.45, 2.75) is 19.5 Å². The fraction of sp³-hybridized carbons (Fsp3) is 0.455. The minimum Gasteiger partial charge on any atom is -0.472 e. The second-order valence-corrected chi connectivity index (χ2v) is 3.82. The van der Waals surface area contributed by atoms with E-state index in [1.165, 1.54) is 0 Å². The highest BCUT2D eigenvalue weighted by Crippen LogP contribution is 2.00. The highest BCUT2D eigenvalue weighted by atomic mass is 16.3. The average molecular weight is 235 g/mol. The summed E-state index contributed by atoms with van der Waals surface area (Å²) in [7, 11) is 1.73. The van der Waals surface area contributed by atoms with Gasteiger partial charge in [-0.2, -0.15) is 0 Å². The molecule has 0 saturated carbocycles. The van der Waals surface area contributed by atoms with Crippen LogP contribution in [0, 0.1) is 0 Å². The molecule has 1 aromatic rings. The van der Waals surface area contributed by atoms with E-state index in [0.29, 0.717) is 6.54 Å². The summed E-state index contributed by atoms with van der Waals surface area (Å²) in [6.07, 6.45) is 4.41. The summed E-state index contributed by atoms with van der Waals surface area (Å²) in [5.41, 5.74) is 1.15. The van der Waals surface area contributed by atoms with E-state index in [0.717, 1.165) is 23.9 Å². The van der Waals surface area contributed by atoms with E-state index in [-0.39, 0.29) is 6.17 Å². The molecule has 1 saturated heterocycles. The van der Waals surface area contributed by atoms with E-state index < -0.39 is 0 Å². The van der Waals surface area contributed by atoms with Gasteiger partial charge in [0.25, 0.3) is 0 Å². The smallest absolute Gasteiger partial charge is 0.199 e. The molecule has 1 unspecified atom stereocenters. The molecule has 1 aromatic heterocycles. The number of furan rings is 1. The number of rotatable bonds is 3. The van der Waals surface area contributed by atoms with Crippen LogP contribution < -0.4 is 16.0 Å². The van der Waals surface area contributed by atoms with Crippen molar-refractivity contribution in [2.24, 2.45) is 9.98 Å². The lowest BCUT2D eigenvalue weighted by molar-refractivity contribution is 0.563. The van der Waals surface area contributed by atoms with Crippen LogP contribution in [0.2, 0.25) is 0 Å². The Morgan fingerprint density at radius 3 is 2.88 bits per heavy atom. The molecule has 2 rings (SSSR count). The maximum atomic E-state index is 5.00. The normalized spacial score (nSPS) is 24.2.